The summed E-state index contributed by atoms with van der Waals surface area (Å²) in [5.41, 5.74) is 5.06. The molecule has 2 aromatic rings. The Morgan fingerprint density at radius 3 is 2.36 bits per heavy atom. The van der Waals surface area contributed by atoms with E-state index in [1.165, 1.54) is 18.1 Å². The standard InChI is InChI=1S/C23H28N4O/c1-16-9-11-20(12-10-16)23(24-5)27-19(4)26-22(14-18(3)28)15-25-21-8-6-7-17(2)13-21/h6-14,25H,15H2,1-5H3,(H,24,26,27)/b22-14-. The maximum absolute atomic E-state index is 11.6. The van der Waals surface area contributed by atoms with Crippen molar-refractivity contribution in [3.05, 3.63) is 77.0 Å². The van der Waals surface area contributed by atoms with Crippen LogP contribution in [0.3, 0.4) is 0 Å². The molecule has 0 bridgehead atoms. The van der Waals surface area contributed by atoms with Gasteiger partial charge in [-0.15, -0.1) is 0 Å². The van der Waals surface area contributed by atoms with Crippen LogP contribution < -0.4 is 10.6 Å². The number of ketones is 1. The summed E-state index contributed by atoms with van der Waals surface area (Å²) in [6.07, 6.45) is 1.58. The number of nitrogens with zero attached hydrogens (tertiary/aromatic N) is 2. The van der Waals surface area contributed by atoms with Crippen LogP contribution in [0.4, 0.5) is 5.69 Å². The third-order valence-electron chi connectivity index (χ3n) is 4.02. The van der Waals surface area contributed by atoms with Crippen LogP contribution in [0, 0.1) is 13.8 Å². The number of aryl methyl sites for hydroxylation is 2. The molecule has 28 heavy (non-hydrogen) atoms. The summed E-state index contributed by atoms with van der Waals surface area (Å²) < 4.78 is 0. The quantitative estimate of drug-likeness (QED) is 0.449. The number of benzene rings is 2. The molecule has 0 amide bonds. The van der Waals surface area contributed by atoms with Gasteiger partial charge in [0.25, 0.3) is 0 Å². The minimum atomic E-state index is -0.0238. The zero-order chi connectivity index (χ0) is 20.5. The largest absolute Gasteiger partial charge is 0.379 e. The third kappa shape index (κ3) is 6.83. The number of aliphatic imine (C=N–C) groups is 2. The molecule has 0 atom stereocenters. The number of hydrogen-bond acceptors (Lipinski definition) is 3. The molecule has 0 unspecified atom stereocenters. The molecular formula is C23H28N4O. The molecule has 0 spiro atoms. The van der Waals surface area contributed by atoms with Gasteiger partial charge in [0.1, 0.15) is 5.84 Å². The number of amidine groups is 2. The van der Waals surface area contributed by atoms with E-state index in [0.717, 1.165) is 16.9 Å². The van der Waals surface area contributed by atoms with Crippen LogP contribution >= 0.6 is 0 Å². The highest BCUT2D eigenvalue weighted by Gasteiger charge is 2.05. The lowest BCUT2D eigenvalue weighted by Gasteiger charge is -2.13. The molecule has 0 heterocycles. The smallest absolute Gasteiger partial charge is 0.156 e. The van der Waals surface area contributed by atoms with E-state index in [-0.39, 0.29) is 5.78 Å². The number of nitrogens with one attached hydrogen (secondary N) is 2. The van der Waals surface area contributed by atoms with Crippen molar-refractivity contribution >= 4 is 23.1 Å². The molecule has 0 saturated carbocycles. The fourth-order valence-corrected chi connectivity index (χ4v) is 2.69. The molecule has 5 nitrogen and oxygen atoms in total. The topological polar surface area (TPSA) is 65.8 Å². The lowest BCUT2D eigenvalue weighted by Crippen LogP contribution is -2.26. The first kappa shape index (κ1) is 21.1. The Hall–Kier alpha value is -3.21. The van der Waals surface area contributed by atoms with Gasteiger partial charge in [-0.25, -0.2) is 4.99 Å². The Bertz CT molecular complexity index is 908. The van der Waals surface area contributed by atoms with Crippen molar-refractivity contribution in [2.45, 2.75) is 27.7 Å². The number of anilines is 1. The zero-order valence-electron chi connectivity index (χ0n) is 17.2. The highest BCUT2D eigenvalue weighted by atomic mass is 16.1. The molecule has 2 rings (SSSR count). The van der Waals surface area contributed by atoms with E-state index in [2.05, 4.69) is 26.7 Å². The predicted octanol–water partition coefficient (Wildman–Crippen LogP) is 4.27. The van der Waals surface area contributed by atoms with Gasteiger partial charge in [0.15, 0.2) is 11.6 Å². The van der Waals surface area contributed by atoms with E-state index in [1.54, 1.807) is 13.1 Å². The first-order chi connectivity index (χ1) is 13.4. The summed E-state index contributed by atoms with van der Waals surface area (Å²) in [6, 6.07) is 16.2. The van der Waals surface area contributed by atoms with Gasteiger partial charge in [-0.05, 0) is 45.4 Å². The molecule has 5 heteroatoms. The SMILES string of the molecule is CN=C(N=C(C)N/C(=C\C(C)=O)CNc1cccc(C)c1)c1ccc(C)cc1. The summed E-state index contributed by atoms with van der Waals surface area (Å²) in [5, 5.41) is 6.56. The Morgan fingerprint density at radius 2 is 1.75 bits per heavy atom. The molecule has 0 aromatic heterocycles. The number of rotatable bonds is 6. The monoisotopic (exact) mass is 376 g/mol. The predicted molar refractivity (Wildman–Crippen MR) is 118 cm³/mol. The van der Waals surface area contributed by atoms with Crippen molar-refractivity contribution in [2.24, 2.45) is 9.98 Å². The van der Waals surface area contributed by atoms with Crippen LogP contribution in [0.25, 0.3) is 0 Å². The highest BCUT2D eigenvalue weighted by Crippen LogP contribution is 2.10. The van der Waals surface area contributed by atoms with Crippen molar-refractivity contribution in [1.29, 1.82) is 0 Å². The molecule has 0 aliphatic rings. The van der Waals surface area contributed by atoms with E-state index in [1.807, 2.05) is 63.2 Å². The minimum absolute atomic E-state index is 0.0238. The first-order valence-electron chi connectivity index (χ1n) is 9.25. The van der Waals surface area contributed by atoms with Crippen LogP contribution in [0.1, 0.15) is 30.5 Å². The molecule has 0 fully saturated rings. The molecule has 0 aliphatic carbocycles. The Balaban J connectivity index is 2.12. The van der Waals surface area contributed by atoms with Crippen molar-refractivity contribution in [2.75, 3.05) is 18.9 Å². The van der Waals surface area contributed by atoms with Crippen molar-refractivity contribution in [1.82, 2.24) is 5.32 Å². The summed E-state index contributed by atoms with van der Waals surface area (Å²) in [5.74, 6) is 1.28. The van der Waals surface area contributed by atoms with Crippen molar-refractivity contribution in [3.8, 4) is 0 Å². The van der Waals surface area contributed by atoms with Crippen LogP contribution in [0.15, 0.2) is 70.3 Å². The number of hydrogen-bond donors (Lipinski definition) is 2. The molecular weight excluding hydrogens is 348 g/mol. The summed E-state index contributed by atoms with van der Waals surface area (Å²) in [6.45, 7) is 7.97. The van der Waals surface area contributed by atoms with Crippen molar-refractivity contribution in [3.63, 3.8) is 0 Å². The van der Waals surface area contributed by atoms with Crippen LogP contribution in [-0.4, -0.2) is 31.0 Å². The summed E-state index contributed by atoms with van der Waals surface area (Å²) >= 11 is 0. The van der Waals surface area contributed by atoms with Crippen molar-refractivity contribution < 1.29 is 4.79 Å². The van der Waals surface area contributed by atoms with E-state index in [0.29, 0.717) is 18.2 Å². The van der Waals surface area contributed by atoms with E-state index >= 15 is 0 Å². The number of carbonyl (C=O) groups is 1. The minimum Gasteiger partial charge on any atom is -0.379 e. The number of allylic oxidation sites excluding steroid dienone is 1. The highest BCUT2D eigenvalue weighted by molar-refractivity contribution is 6.06. The maximum Gasteiger partial charge on any atom is 0.156 e. The van der Waals surface area contributed by atoms with Gasteiger partial charge in [-0.1, -0.05) is 42.0 Å². The average molecular weight is 377 g/mol. The second-order valence-corrected chi connectivity index (χ2v) is 6.74. The van der Waals surface area contributed by atoms with Crippen LogP contribution in [0.2, 0.25) is 0 Å². The fraction of sp³-hybridized carbons (Fsp3) is 0.261. The molecule has 2 N–H and O–H groups in total. The average Bonchev–Trinajstić information content (AvgIpc) is 2.64. The van der Waals surface area contributed by atoms with Gasteiger partial charge in [-0.2, -0.15) is 0 Å². The lowest BCUT2D eigenvalue weighted by atomic mass is 10.1. The summed E-state index contributed by atoms with van der Waals surface area (Å²) in [4.78, 5) is 20.5. The second kappa shape index (κ2) is 10.2. The lowest BCUT2D eigenvalue weighted by molar-refractivity contribution is -0.112. The molecule has 0 aliphatic heterocycles. The zero-order valence-corrected chi connectivity index (χ0v) is 17.2. The van der Waals surface area contributed by atoms with Gasteiger partial charge in [0.05, 0.1) is 6.54 Å². The van der Waals surface area contributed by atoms with E-state index in [4.69, 9.17) is 0 Å². The molecule has 2 aromatic carbocycles. The molecule has 0 saturated heterocycles. The van der Waals surface area contributed by atoms with Gasteiger partial charge in [0.2, 0.25) is 0 Å². The number of carbonyl (C=O) groups excluding carboxylic acids is 1. The van der Waals surface area contributed by atoms with Gasteiger partial charge in [0, 0.05) is 30.1 Å². The van der Waals surface area contributed by atoms with Gasteiger partial charge < -0.3 is 10.6 Å². The molecule has 146 valence electrons. The normalized spacial score (nSPS) is 12.7. The fourth-order valence-electron chi connectivity index (χ4n) is 2.69. The maximum atomic E-state index is 11.6. The van der Waals surface area contributed by atoms with Crippen LogP contribution in [-0.2, 0) is 4.79 Å². The van der Waals surface area contributed by atoms with Crippen LogP contribution in [0.5, 0.6) is 0 Å². The summed E-state index contributed by atoms with van der Waals surface area (Å²) in [7, 11) is 1.72. The second-order valence-electron chi connectivity index (χ2n) is 6.74. The van der Waals surface area contributed by atoms with Gasteiger partial charge >= 0.3 is 0 Å². The molecule has 0 radical (unpaired) electrons. The van der Waals surface area contributed by atoms with E-state index in [9.17, 15) is 4.79 Å². The Kier molecular flexibility index (Phi) is 7.69. The Labute approximate surface area is 167 Å². The van der Waals surface area contributed by atoms with Gasteiger partial charge in [-0.3, -0.25) is 9.79 Å². The Morgan fingerprint density at radius 1 is 1.04 bits per heavy atom. The van der Waals surface area contributed by atoms with E-state index < -0.39 is 0 Å². The third-order valence-corrected chi connectivity index (χ3v) is 4.02. The first-order valence-corrected chi connectivity index (χ1v) is 9.25.